The fourth-order valence-electron chi connectivity index (χ4n) is 1.93. The maximum absolute atomic E-state index is 13.0. The van der Waals surface area contributed by atoms with Gasteiger partial charge in [0, 0.05) is 25.3 Å². The number of nitrogen functional groups attached to an aromatic ring is 1. The molecule has 5 heteroatoms. The van der Waals surface area contributed by atoms with E-state index in [1.807, 2.05) is 4.90 Å². The van der Waals surface area contributed by atoms with Gasteiger partial charge in [0.05, 0.1) is 12.2 Å². The van der Waals surface area contributed by atoms with E-state index in [1.165, 1.54) is 18.2 Å². The van der Waals surface area contributed by atoms with Crippen LogP contribution in [0.3, 0.4) is 0 Å². The van der Waals surface area contributed by atoms with E-state index in [4.69, 9.17) is 5.73 Å². The molecule has 1 aliphatic heterocycles. The van der Waals surface area contributed by atoms with Gasteiger partial charge in [-0.1, -0.05) is 0 Å². The molecule has 1 fully saturated rings. The number of hydrogen-bond donors (Lipinski definition) is 3. The molecule has 0 bridgehead atoms. The van der Waals surface area contributed by atoms with E-state index < -0.39 is 12.2 Å². The summed E-state index contributed by atoms with van der Waals surface area (Å²) in [7, 11) is 0. The number of rotatable bonds is 2. The molecule has 1 heterocycles. The van der Waals surface area contributed by atoms with Crippen molar-refractivity contribution >= 4 is 5.69 Å². The minimum atomic E-state index is -0.727. The lowest BCUT2D eigenvalue weighted by atomic mass is 10.1. The van der Waals surface area contributed by atoms with Crippen LogP contribution in [0.4, 0.5) is 10.1 Å². The molecule has 0 amide bonds. The first kappa shape index (κ1) is 11.3. The summed E-state index contributed by atoms with van der Waals surface area (Å²) in [5.41, 5.74) is 6.93. The smallest absolute Gasteiger partial charge is 0.123 e. The molecular formula is C11H15FN2O2. The van der Waals surface area contributed by atoms with Crippen LogP contribution in [0.15, 0.2) is 18.2 Å². The van der Waals surface area contributed by atoms with Gasteiger partial charge in [0.25, 0.3) is 0 Å². The lowest BCUT2D eigenvalue weighted by Gasteiger charge is -2.16. The highest BCUT2D eigenvalue weighted by molar-refractivity contribution is 5.46. The van der Waals surface area contributed by atoms with Gasteiger partial charge in [-0.2, -0.15) is 0 Å². The maximum Gasteiger partial charge on any atom is 0.123 e. The van der Waals surface area contributed by atoms with E-state index in [2.05, 4.69) is 0 Å². The number of halogens is 1. The molecule has 2 atom stereocenters. The van der Waals surface area contributed by atoms with Crippen molar-refractivity contribution in [3.8, 4) is 0 Å². The molecule has 1 saturated heterocycles. The summed E-state index contributed by atoms with van der Waals surface area (Å²) in [4.78, 5) is 1.85. The third-order valence-corrected chi connectivity index (χ3v) is 2.83. The van der Waals surface area contributed by atoms with Gasteiger partial charge in [0.1, 0.15) is 5.82 Å². The van der Waals surface area contributed by atoms with Crippen LogP contribution in [0.2, 0.25) is 0 Å². The van der Waals surface area contributed by atoms with Crippen LogP contribution in [0.25, 0.3) is 0 Å². The zero-order valence-corrected chi connectivity index (χ0v) is 8.81. The highest BCUT2D eigenvalue weighted by atomic mass is 19.1. The Morgan fingerprint density at radius 1 is 1.31 bits per heavy atom. The molecule has 4 N–H and O–H groups in total. The Morgan fingerprint density at radius 3 is 2.56 bits per heavy atom. The molecule has 88 valence electrons. The van der Waals surface area contributed by atoms with E-state index in [0.717, 1.165) is 0 Å². The molecule has 0 aromatic heterocycles. The third kappa shape index (κ3) is 2.32. The quantitative estimate of drug-likeness (QED) is 0.618. The van der Waals surface area contributed by atoms with Gasteiger partial charge in [-0.05, 0) is 23.8 Å². The number of aliphatic hydroxyl groups is 2. The van der Waals surface area contributed by atoms with E-state index in [9.17, 15) is 14.6 Å². The van der Waals surface area contributed by atoms with Gasteiger partial charge in [-0.15, -0.1) is 0 Å². The first-order valence-corrected chi connectivity index (χ1v) is 5.18. The highest BCUT2D eigenvalue weighted by Gasteiger charge is 2.29. The molecule has 0 radical (unpaired) electrons. The van der Waals surface area contributed by atoms with Crippen LogP contribution in [0.1, 0.15) is 5.56 Å². The standard InChI is InChI=1S/C11H15FN2O2/c12-8-1-2-9(13)7(3-8)4-14-5-10(15)11(16)6-14/h1-3,10-11,15-16H,4-6,13H2. The van der Waals surface area contributed by atoms with Crippen molar-refractivity contribution in [1.29, 1.82) is 0 Å². The molecule has 1 aromatic carbocycles. The molecule has 0 spiro atoms. The number of benzene rings is 1. The van der Waals surface area contributed by atoms with Gasteiger partial charge in [0.2, 0.25) is 0 Å². The number of nitrogens with zero attached hydrogens (tertiary/aromatic N) is 1. The molecule has 2 rings (SSSR count). The molecule has 1 aliphatic rings. The lowest BCUT2D eigenvalue weighted by Crippen LogP contribution is -2.22. The number of anilines is 1. The SMILES string of the molecule is Nc1ccc(F)cc1CN1CC(O)C(O)C1. The zero-order valence-electron chi connectivity index (χ0n) is 8.81. The van der Waals surface area contributed by atoms with Crippen LogP contribution in [-0.4, -0.2) is 40.4 Å². The number of β-amino-alcohol motifs (C(OH)–C–C–N with tert-alkyl or cyclic N) is 2. The van der Waals surface area contributed by atoms with Crippen molar-refractivity contribution in [2.75, 3.05) is 18.8 Å². The van der Waals surface area contributed by atoms with Gasteiger partial charge in [-0.3, -0.25) is 4.90 Å². The molecular weight excluding hydrogens is 211 g/mol. The molecule has 4 nitrogen and oxygen atoms in total. The fourth-order valence-corrected chi connectivity index (χ4v) is 1.93. The van der Waals surface area contributed by atoms with E-state index in [0.29, 0.717) is 30.9 Å². The monoisotopic (exact) mass is 226 g/mol. The van der Waals surface area contributed by atoms with Crippen LogP contribution in [-0.2, 0) is 6.54 Å². The Morgan fingerprint density at radius 2 is 1.94 bits per heavy atom. The van der Waals surface area contributed by atoms with Gasteiger partial charge >= 0.3 is 0 Å². The fraction of sp³-hybridized carbons (Fsp3) is 0.455. The summed E-state index contributed by atoms with van der Waals surface area (Å²) >= 11 is 0. The van der Waals surface area contributed by atoms with Crippen molar-refractivity contribution in [3.05, 3.63) is 29.6 Å². The van der Waals surface area contributed by atoms with Crippen molar-refractivity contribution in [1.82, 2.24) is 4.90 Å². The van der Waals surface area contributed by atoms with Gasteiger partial charge < -0.3 is 15.9 Å². The minimum absolute atomic E-state index is 0.329. The maximum atomic E-state index is 13.0. The van der Waals surface area contributed by atoms with Gasteiger partial charge in [-0.25, -0.2) is 4.39 Å². The lowest BCUT2D eigenvalue weighted by molar-refractivity contribution is 0.0572. The second-order valence-electron chi connectivity index (χ2n) is 4.17. The average molecular weight is 226 g/mol. The summed E-state index contributed by atoms with van der Waals surface area (Å²) in [5.74, 6) is -0.329. The van der Waals surface area contributed by atoms with E-state index in [-0.39, 0.29) is 5.82 Å². The Hall–Kier alpha value is -1.17. The summed E-state index contributed by atoms with van der Waals surface area (Å²) in [6, 6.07) is 4.21. The predicted molar refractivity (Wildman–Crippen MR) is 58.1 cm³/mol. The Labute approximate surface area is 93.1 Å². The van der Waals surface area contributed by atoms with E-state index in [1.54, 1.807) is 0 Å². The Bertz CT molecular complexity index is 376. The van der Waals surface area contributed by atoms with Crippen molar-refractivity contribution in [2.45, 2.75) is 18.8 Å². The Balaban J connectivity index is 2.07. The number of aliphatic hydroxyl groups excluding tert-OH is 2. The molecule has 16 heavy (non-hydrogen) atoms. The van der Waals surface area contributed by atoms with Crippen LogP contribution < -0.4 is 5.73 Å². The third-order valence-electron chi connectivity index (χ3n) is 2.83. The Kier molecular flexibility index (Phi) is 3.09. The van der Waals surface area contributed by atoms with Crippen molar-refractivity contribution in [2.24, 2.45) is 0 Å². The van der Waals surface area contributed by atoms with Crippen LogP contribution >= 0.6 is 0 Å². The highest BCUT2D eigenvalue weighted by Crippen LogP contribution is 2.19. The van der Waals surface area contributed by atoms with E-state index >= 15 is 0 Å². The molecule has 0 aliphatic carbocycles. The van der Waals surface area contributed by atoms with Crippen molar-refractivity contribution in [3.63, 3.8) is 0 Å². The summed E-state index contributed by atoms with van der Waals surface area (Å²) in [6.07, 6.45) is -1.45. The topological polar surface area (TPSA) is 69.7 Å². The summed E-state index contributed by atoms with van der Waals surface area (Å²) < 4.78 is 13.0. The number of nitrogens with two attached hydrogens (primary N) is 1. The molecule has 0 saturated carbocycles. The molecule has 1 aromatic rings. The van der Waals surface area contributed by atoms with Crippen LogP contribution in [0.5, 0.6) is 0 Å². The second-order valence-corrected chi connectivity index (χ2v) is 4.17. The van der Waals surface area contributed by atoms with Gasteiger partial charge in [0.15, 0.2) is 0 Å². The second kappa shape index (κ2) is 4.37. The first-order valence-electron chi connectivity index (χ1n) is 5.18. The van der Waals surface area contributed by atoms with Crippen LogP contribution in [0, 0.1) is 5.82 Å². The van der Waals surface area contributed by atoms with Crippen molar-refractivity contribution < 1.29 is 14.6 Å². The first-order chi connectivity index (χ1) is 7.56. The zero-order chi connectivity index (χ0) is 11.7. The molecule has 2 unspecified atom stereocenters. The number of likely N-dealkylation sites (tertiary alicyclic amines) is 1. The summed E-state index contributed by atoms with van der Waals surface area (Å²) in [5, 5.41) is 18.7. The average Bonchev–Trinajstić information content (AvgIpc) is 2.52. The minimum Gasteiger partial charge on any atom is -0.398 e. The predicted octanol–water partition coefficient (Wildman–Crippen LogP) is -0.0547. The largest absolute Gasteiger partial charge is 0.398 e. The normalized spacial score (nSPS) is 26.2. The number of hydrogen-bond acceptors (Lipinski definition) is 4. The summed E-state index contributed by atoms with van der Waals surface area (Å²) in [6.45, 7) is 1.21.